The molecule has 1 N–H and O–H groups in total. The van der Waals surface area contributed by atoms with Crippen LogP contribution < -0.4 is 0 Å². The summed E-state index contributed by atoms with van der Waals surface area (Å²) in [6, 6.07) is 5.28. The Hall–Kier alpha value is -1.84. The SMILES string of the molecule is CCCCCn1cnc2c(C(=O)O)cccc21. The Morgan fingerprint density at radius 2 is 2.24 bits per heavy atom. The topological polar surface area (TPSA) is 55.1 Å². The van der Waals surface area contributed by atoms with Gasteiger partial charge in [0.25, 0.3) is 0 Å². The van der Waals surface area contributed by atoms with Gasteiger partial charge in [0.15, 0.2) is 0 Å². The van der Waals surface area contributed by atoms with Gasteiger partial charge in [-0.25, -0.2) is 9.78 Å². The van der Waals surface area contributed by atoms with Crippen molar-refractivity contribution in [1.29, 1.82) is 0 Å². The maximum absolute atomic E-state index is 11.0. The van der Waals surface area contributed by atoms with Gasteiger partial charge in [0.2, 0.25) is 0 Å². The number of hydrogen-bond donors (Lipinski definition) is 1. The number of hydrogen-bond acceptors (Lipinski definition) is 2. The zero-order valence-electron chi connectivity index (χ0n) is 9.89. The zero-order valence-corrected chi connectivity index (χ0v) is 9.89. The van der Waals surface area contributed by atoms with E-state index in [1.165, 1.54) is 12.8 Å². The summed E-state index contributed by atoms with van der Waals surface area (Å²) in [4.78, 5) is 15.2. The summed E-state index contributed by atoms with van der Waals surface area (Å²) in [7, 11) is 0. The van der Waals surface area contributed by atoms with E-state index in [2.05, 4.69) is 11.9 Å². The summed E-state index contributed by atoms with van der Waals surface area (Å²) in [6.45, 7) is 3.06. The number of unbranched alkanes of at least 4 members (excludes halogenated alkanes) is 2. The van der Waals surface area contributed by atoms with Gasteiger partial charge in [0.05, 0.1) is 17.4 Å². The van der Waals surface area contributed by atoms with E-state index in [1.54, 1.807) is 18.5 Å². The van der Waals surface area contributed by atoms with E-state index >= 15 is 0 Å². The van der Waals surface area contributed by atoms with Gasteiger partial charge in [-0.05, 0) is 18.6 Å². The van der Waals surface area contributed by atoms with Gasteiger partial charge in [-0.15, -0.1) is 0 Å². The van der Waals surface area contributed by atoms with Gasteiger partial charge in [0.1, 0.15) is 5.52 Å². The van der Waals surface area contributed by atoms with Crippen LogP contribution in [0.15, 0.2) is 24.5 Å². The number of aromatic nitrogens is 2. The number of rotatable bonds is 5. The standard InChI is InChI=1S/C13H16N2O2/c1-2-3-4-8-15-9-14-12-10(13(16)17)6-5-7-11(12)15/h5-7,9H,2-4,8H2,1H3,(H,16,17). The molecular weight excluding hydrogens is 216 g/mol. The quantitative estimate of drug-likeness (QED) is 0.806. The van der Waals surface area contributed by atoms with Gasteiger partial charge in [-0.1, -0.05) is 25.8 Å². The fourth-order valence-electron chi connectivity index (χ4n) is 1.97. The largest absolute Gasteiger partial charge is 0.478 e. The average molecular weight is 232 g/mol. The number of para-hydroxylation sites is 1. The second kappa shape index (κ2) is 4.99. The van der Waals surface area contributed by atoms with Crippen LogP contribution >= 0.6 is 0 Å². The molecule has 2 aromatic rings. The molecule has 4 heteroatoms. The Balaban J connectivity index is 2.34. The van der Waals surface area contributed by atoms with Crippen LogP contribution in [0.2, 0.25) is 0 Å². The molecule has 0 aliphatic heterocycles. The van der Waals surface area contributed by atoms with Gasteiger partial charge in [-0.3, -0.25) is 0 Å². The van der Waals surface area contributed by atoms with Crippen molar-refractivity contribution < 1.29 is 9.90 Å². The molecule has 1 aromatic carbocycles. The van der Waals surface area contributed by atoms with Gasteiger partial charge < -0.3 is 9.67 Å². The predicted octanol–water partition coefficient (Wildman–Crippen LogP) is 2.92. The van der Waals surface area contributed by atoms with Crippen molar-refractivity contribution in [2.75, 3.05) is 0 Å². The number of nitrogens with zero attached hydrogens (tertiary/aromatic N) is 2. The molecule has 0 aliphatic rings. The molecule has 0 saturated heterocycles. The molecule has 0 atom stereocenters. The number of fused-ring (bicyclic) bond motifs is 1. The summed E-state index contributed by atoms with van der Waals surface area (Å²) in [5, 5.41) is 9.06. The van der Waals surface area contributed by atoms with Gasteiger partial charge >= 0.3 is 5.97 Å². The number of carboxylic acid groups (broad SMARTS) is 1. The second-order valence-corrected chi connectivity index (χ2v) is 4.12. The summed E-state index contributed by atoms with van der Waals surface area (Å²) in [5.74, 6) is -0.922. The van der Waals surface area contributed by atoms with Crippen LogP contribution in [0.4, 0.5) is 0 Å². The van der Waals surface area contributed by atoms with E-state index in [0.717, 1.165) is 18.5 Å². The minimum atomic E-state index is -0.922. The first-order valence-corrected chi connectivity index (χ1v) is 5.91. The first kappa shape index (κ1) is 11.6. The fourth-order valence-corrected chi connectivity index (χ4v) is 1.97. The highest BCUT2D eigenvalue weighted by molar-refractivity contribution is 6.00. The van der Waals surface area contributed by atoms with E-state index in [9.17, 15) is 4.79 Å². The highest BCUT2D eigenvalue weighted by atomic mass is 16.4. The van der Waals surface area contributed by atoms with E-state index in [4.69, 9.17) is 5.11 Å². The van der Waals surface area contributed by atoms with Crippen molar-refractivity contribution in [3.8, 4) is 0 Å². The Morgan fingerprint density at radius 3 is 2.94 bits per heavy atom. The molecule has 17 heavy (non-hydrogen) atoms. The highest BCUT2D eigenvalue weighted by Gasteiger charge is 2.11. The maximum Gasteiger partial charge on any atom is 0.337 e. The van der Waals surface area contributed by atoms with Crippen molar-refractivity contribution >= 4 is 17.0 Å². The van der Waals surface area contributed by atoms with Crippen molar-refractivity contribution in [3.05, 3.63) is 30.1 Å². The molecule has 0 saturated carbocycles. The third kappa shape index (κ3) is 2.30. The first-order valence-electron chi connectivity index (χ1n) is 5.91. The number of imidazole rings is 1. The summed E-state index contributed by atoms with van der Waals surface area (Å²) < 4.78 is 2.03. The summed E-state index contributed by atoms with van der Waals surface area (Å²) in [5.41, 5.74) is 1.76. The molecule has 0 bridgehead atoms. The van der Waals surface area contributed by atoms with Gasteiger partial charge in [-0.2, -0.15) is 0 Å². The molecule has 1 aromatic heterocycles. The molecule has 4 nitrogen and oxygen atoms in total. The van der Waals surface area contributed by atoms with Crippen molar-refractivity contribution in [3.63, 3.8) is 0 Å². The lowest BCUT2D eigenvalue weighted by Gasteiger charge is -2.03. The Bertz CT molecular complexity index is 531. The number of aryl methyl sites for hydroxylation is 1. The molecule has 90 valence electrons. The van der Waals surface area contributed by atoms with Crippen molar-refractivity contribution in [2.45, 2.75) is 32.7 Å². The van der Waals surface area contributed by atoms with E-state index in [-0.39, 0.29) is 5.56 Å². The highest BCUT2D eigenvalue weighted by Crippen LogP contribution is 2.18. The average Bonchev–Trinajstić information content (AvgIpc) is 2.72. The van der Waals surface area contributed by atoms with E-state index < -0.39 is 5.97 Å². The third-order valence-electron chi connectivity index (χ3n) is 2.88. The van der Waals surface area contributed by atoms with Crippen LogP contribution in [0.3, 0.4) is 0 Å². The summed E-state index contributed by atoms with van der Waals surface area (Å²) >= 11 is 0. The van der Waals surface area contributed by atoms with Gasteiger partial charge in [0, 0.05) is 6.54 Å². The molecule has 0 radical (unpaired) electrons. The Labute approximate surface area is 99.9 Å². The van der Waals surface area contributed by atoms with E-state index in [1.807, 2.05) is 10.6 Å². The predicted molar refractivity (Wildman–Crippen MR) is 66.2 cm³/mol. The van der Waals surface area contributed by atoms with Crippen LogP contribution in [0.25, 0.3) is 11.0 Å². The lowest BCUT2D eigenvalue weighted by atomic mass is 10.2. The van der Waals surface area contributed by atoms with Crippen LogP contribution in [-0.2, 0) is 6.54 Å². The van der Waals surface area contributed by atoms with E-state index in [0.29, 0.717) is 5.52 Å². The monoisotopic (exact) mass is 232 g/mol. The molecule has 0 unspecified atom stereocenters. The maximum atomic E-state index is 11.0. The Kier molecular flexibility index (Phi) is 3.42. The van der Waals surface area contributed by atoms with Crippen LogP contribution in [0.5, 0.6) is 0 Å². The molecule has 0 spiro atoms. The zero-order chi connectivity index (χ0) is 12.3. The first-order chi connectivity index (χ1) is 8.24. The minimum Gasteiger partial charge on any atom is -0.478 e. The molecule has 2 rings (SSSR count). The normalized spacial score (nSPS) is 10.9. The van der Waals surface area contributed by atoms with Crippen LogP contribution in [-0.4, -0.2) is 20.6 Å². The molecule has 0 amide bonds. The van der Waals surface area contributed by atoms with Crippen LogP contribution in [0.1, 0.15) is 36.5 Å². The molecular formula is C13H16N2O2. The number of carbonyl (C=O) groups is 1. The summed E-state index contributed by atoms with van der Waals surface area (Å²) in [6.07, 6.45) is 5.18. The lowest BCUT2D eigenvalue weighted by molar-refractivity contribution is 0.0699. The fraction of sp³-hybridized carbons (Fsp3) is 0.385. The number of aromatic carboxylic acids is 1. The van der Waals surface area contributed by atoms with Crippen LogP contribution in [0, 0.1) is 0 Å². The minimum absolute atomic E-state index is 0.275. The smallest absolute Gasteiger partial charge is 0.337 e. The van der Waals surface area contributed by atoms with Crippen molar-refractivity contribution in [2.24, 2.45) is 0 Å². The third-order valence-corrected chi connectivity index (χ3v) is 2.88. The number of carboxylic acids is 1. The second-order valence-electron chi connectivity index (χ2n) is 4.12. The molecule has 0 aliphatic carbocycles. The molecule has 1 heterocycles. The van der Waals surface area contributed by atoms with Crippen molar-refractivity contribution in [1.82, 2.24) is 9.55 Å². The lowest BCUT2D eigenvalue weighted by Crippen LogP contribution is -1.99. The number of benzene rings is 1. The Morgan fingerprint density at radius 1 is 1.41 bits per heavy atom. The molecule has 0 fully saturated rings.